The van der Waals surface area contributed by atoms with Gasteiger partial charge in [-0.15, -0.1) is 0 Å². The Hall–Kier alpha value is -2.69. The molecule has 0 aromatic carbocycles. The van der Waals surface area contributed by atoms with Crippen LogP contribution in [0.1, 0.15) is 60.8 Å². The first kappa shape index (κ1) is 30.3. The van der Waals surface area contributed by atoms with Crippen LogP contribution in [0.2, 0.25) is 0 Å². The van der Waals surface area contributed by atoms with Gasteiger partial charge >= 0.3 is 5.97 Å². The third-order valence-electron chi connectivity index (χ3n) is 4.79. The van der Waals surface area contributed by atoms with Gasteiger partial charge < -0.3 is 30.7 Å². The fraction of sp³-hybridized carbons (Fsp3) is 0.773. The average molecular weight is 473 g/mol. The highest BCUT2D eigenvalue weighted by atomic mass is 16.5. The van der Waals surface area contributed by atoms with Gasteiger partial charge in [-0.25, -0.2) is 0 Å². The summed E-state index contributed by atoms with van der Waals surface area (Å²) < 4.78 is 5.58. The molecule has 190 valence electrons. The van der Waals surface area contributed by atoms with Crippen molar-refractivity contribution in [3.63, 3.8) is 0 Å². The van der Waals surface area contributed by atoms with Gasteiger partial charge in [-0.2, -0.15) is 0 Å². The summed E-state index contributed by atoms with van der Waals surface area (Å²) in [6, 6.07) is -0.820. The van der Waals surface area contributed by atoms with Crippen molar-refractivity contribution in [1.29, 1.82) is 0 Å². The maximum atomic E-state index is 12.6. The second-order valence-corrected chi connectivity index (χ2v) is 8.69. The van der Waals surface area contributed by atoms with Gasteiger partial charge in [0.15, 0.2) is 0 Å². The number of nitrogens with one attached hydrogen (secondary N) is 3. The topological polar surface area (TPSA) is 154 Å². The second kappa shape index (κ2) is 15.2. The minimum Gasteiger partial charge on any atom is -0.480 e. The Morgan fingerprint density at radius 1 is 1.00 bits per heavy atom. The first-order chi connectivity index (χ1) is 15.3. The van der Waals surface area contributed by atoms with Crippen LogP contribution in [-0.2, 0) is 28.7 Å². The number of carbonyl (C=O) groups excluding carboxylic acids is 4. The van der Waals surface area contributed by atoms with Crippen molar-refractivity contribution in [2.45, 2.75) is 72.4 Å². The quantitative estimate of drug-likeness (QED) is 0.251. The minimum absolute atomic E-state index is 0.193. The maximum Gasteiger partial charge on any atom is 0.322 e. The zero-order valence-corrected chi connectivity index (χ0v) is 20.7. The van der Waals surface area contributed by atoms with Gasteiger partial charge in [0.1, 0.15) is 12.6 Å². The van der Waals surface area contributed by atoms with Crippen molar-refractivity contribution >= 4 is 29.6 Å². The van der Waals surface area contributed by atoms with Crippen LogP contribution in [-0.4, -0.2) is 84.0 Å². The number of rotatable bonds is 16. The lowest BCUT2D eigenvalue weighted by Gasteiger charge is -2.26. The van der Waals surface area contributed by atoms with Gasteiger partial charge in [-0.3, -0.25) is 24.0 Å². The number of carboxylic acids is 1. The van der Waals surface area contributed by atoms with Crippen LogP contribution in [0, 0.1) is 5.92 Å². The molecule has 0 heterocycles. The summed E-state index contributed by atoms with van der Waals surface area (Å²) in [4.78, 5) is 61.2. The molecule has 0 bridgehead atoms. The number of carbonyl (C=O) groups is 5. The normalized spacial score (nSPS) is 12.1. The summed E-state index contributed by atoms with van der Waals surface area (Å²) in [5.74, 6) is -3.27. The molecule has 0 aliphatic carbocycles. The Labute approximate surface area is 196 Å². The van der Waals surface area contributed by atoms with Gasteiger partial charge in [-0.1, -0.05) is 20.8 Å². The molecule has 4 amide bonds. The standard InChI is InChI=1S/C22H40N4O7/c1-7-11-26(14-17(28)23-13-19(30)31)18(29)12-24-21(32)20(15(3)4)25-16(27)9-10-22(5,6)33-8-2/h15,20H,7-14H2,1-6H3,(H,23,28)(H,24,32)(H,25,27)(H,30,31). The number of amides is 4. The van der Waals surface area contributed by atoms with E-state index in [2.05, 4.69) is 16.0 Å². The molecule has 1 atom stereocenters. The Balaban J connectivity index is 4.84. The molecule has 0 aliphatic rings. The molecule has 0 fully saturated rings. The molecule has 11 nitrogen and oxygen atoms in total. The van der Waals surface area contributed by atoms with Crippen molar-refractivity contribution in [2.24, 2.45) is 5.92 Å². The van der Waals surface area contributed by atoms with Crippen molar-refractivity contribution in [2.75, 3.05) is 32.8 Å². The fourth-order valence-electron chi connectivity index (χ4n) is 3.01. The molecule has 0 aromatic rings. The molecular weight excluding hydrogens is 432 g/mol. The third kappa shape index (κ3) is 13.5. The smallest absolute Gasteiger partial charge is 0.322 e. The van der Waals surface area contributed by atoms with Crippen LogP contribution in [0.5, 0.6) is 0 Å². The number of ether oxygens (including phenoxy) is 1. The molecule has 0 aromatic heterocycles. The summed E-state index contributed by atoms with van der Waals surface area (Å²) >= 11 is 0. The summed E-state index contributed by atoms with van der Waals surface area (Å²) in [7, 11) is 0. The Bertz CT molecular complexity index is 680. The van der Waals surface area contributed by atoms with E-state index in [4.69, 9.17) is 9.84 Å². The highest BCUT2D eigenvalue weighted by molar-refractivity contribution is 5.92. The fourth-order valence-corrected chi connectivity index (χ4v) is 3.01. The molecule has 4 N–H and O–H groups in total. The highest BCUT2D eigenvalue weighted by Gasteiger charge is 2.27. The van der Waals surface area contributed by atoms with Crippen LogP contribution < -0.4 is 16.0 Å². The number of aliphatic carboxylic acids is 1. The van der Waals surface area contributed by atoms with Gasteiger partial charge in [0.05, 0.1) is 18.7 Å². The molecule has 0 saturated heterocycles. The predicted molar refractivity (Wildman–Crippen MR) is 122 cm³/mol. The summed E-state index contributed by atoms with van der Waals surface area (Å²) in [6.07, 6.45) is 1.26. The molecule has 11 heteroatoms. The van der Waals surface area contributed by atoms with E-state index in [9.17, 15) is 24.0 Å². The minimum atomic E-state index is -1.19. The van der Waals surface area contributed by atoms with E-state index >= 15 is 0 Å². The van der Waals surface area contributed by atoms with E-state index in [1.54, 1.807) is 13.8 Å². The van der Waals surface area contributed by atoms with E-state index in [0.717, 1.165) is 0 Å². The third-order valence-corrected chi connectivity index (χ3v) is 4.79. The van der Waals surface area contributed by atoms with E-state index in [1.165, 1.54) is 4.90 Å². The SMILES string of the molecule is CCCN(CC(=O)NCC(=O)O)C(=O)CNC(=O)C(NC(=O)CCC(C)(C)OCC)C(C)C. The largest absolute Gasteiger partial charge is 0.480 e. The Morgan fingerprint density at radius 3 is 2.15 bits per heavy atom. The average Bonchev–Trinajstić information content (AvgIpc) is 2.72. The van der Waals surface area contributed by atoms with Crippen LogP contribution in [0.25, 0.3) is 0 Å². The molecule has 1 unspecified atom stereocenters. The van der Waals surface area contributed by atoms with Crippen LogP contribution in [0.3, 0.4) is 0 Å². The second-order valence-electron chi connectivity index (χ2n) is 8.69. The lowest BCUT2D eigenvalue weighted by Crippen LogP contribution is -2.52. The zero-order chi connectivity index (χ0) is 25.6. The first-order valence-electron chi connectivity index (χ1n) is 11.3. The van der Waals surface area contributed by atoms with Crippen LogP contribution in [0.15, 0.2) is 0 Å². The van der Waals surface area contributed by atoms with E-state index in [-0.39, 0.29) is 37.9 Å². The summed E-state index contributed by atoms with van der Waals surface area (Å²) in [6.45, 7) is 10.7. The lowest BCUT2D eigenvalue weighted by atomic mass is 10.0. The zero-order valence-electron chi connectivity index (χ0n) is 20.7. The number of nitrogens with zero attached hydrogens (tertiary/aromatic N) is 1. The molecular formula is C22H40N4O7. The van der Waals surface area contributed by atoms with E-state index < -0.39 is 41.9 Å². The Kier molecular flexibility index (Phi) is 14.0. The van der Waals surface area contributed by atoms with Crippen molar-refractivity contribution in [1.82, 2.24) is 20.9 Å². The van der Waals surface area contributed by atoms with Crippen LogP contribution >= 0.6 is 0 Å². The number of carboxylic acid groups (broad SMARTS) is 1. The van der Waals surface area contributed by atoms with Gasteiger partial charge in [-0.05, 0) is 39.5 Å². The summed E-state index contributed by atoms with van der Waals surface area (Å²) in [5.41, 5.74) is -0.451. The molecule has 0 aliphatic heterocycles. The molecule has 0 spiro atoms. The summed E-state index contributed by atoms with van der Waals surface area (Å²) in [5, 5.41) is 16.1. The first-order valence-corrected chi connectivity index (χ1v) is 11.3. The van der Waals surface area contributed by atoms with Crippen molar-refractivity contribution in [3.05, 3.63) is 0 Å². The highest BCUT2D eigenvalue weighted by Crippen LogP contribution is 2.16. The van der Waals surface area contributed by atoms with Gasteiger partial charge in [0.2, 0.25) is 23.6 Å². The monoisotopic (exact) mass is 472 g/mol. The van der Waals surface area contributed by atoms with Gasteiger partial charge in [0.25, 0.3) is 0 Å². The predicted octanol–water partition coefficient (Wildman–Crippen LogP) is 0.278. The molecule has 0 rings (SSSR count). The molecule has 0 saturated carbocycles. The molecule has 0 radical (unpaired) electrons. The maximum absolute atomic E-state index is 12.6. The van der Waals surface area contributed by atoms with Crippen molar-refractivity contribution < 1.29 is 33.8 Å². The number of hydrogen-bond donors (Lipinski definition) is 4. The van der Waals surface area contributed by atoms with Crippen molar-refractivity contribution in [3.8, 4) is 0 Å². The lowest BCUT2D eigenvalue weighted by molar-refractivity contribution is -0.139. The van der Waals surface area contributed by atoms with E-state index in [1.807, 2.05) is 27.7 Å². The van der Waals surface area contributed by atoms with E-state index in [0.29, 0.717) is 19.4 Å². The molecule has 33 heavy (non-hydrogen) atoms. The Morgan fingerprint density at radius 2 is 1.64 bits per heavy atom. The van der Waals surface area contributed by atoms with Crippen LogP contribution in [0.4, 0.5) is 0 Å². The number of hydrogen-bond acceptors (Lipinski definition) is 6. The van der Waals surface area contributed by atoms with Gasteiger partial charge in [0, 0.05) is 19.6 Å².